The third-order valence-electron chi connectivity index (χ3n) is 5.15. The van der Waals surface area contributed by atoms with Gasteiger partial charge in [0, 0.05) is 19.6 Å². The molecule has 2 heterocycles. The van der Waals surface area contributed by atoms with E-state index in [1.54, 1.807) is 4.57 Å². The minimum absolute atomic E-state index is 0.0558. The molecule has 5 nitrogen and oxygen atoms in total. The Kier molecular flexibility index (Phi) is 5.44. The number of nitrogens with one attached hydrogen (secondary N) is 1. The van der Waals surface area contributed by atoms with Crippen LogP contribution in [0.1, 0.15) is 25.0 Å². The summed E-state index contributed by atoms with van der Waals surface area (Å²) in [6.45, 7) is 7.52. The number of hydrogen-bond donors (Lipinski definition) is 1. The normalized spacial score (nSPS) is 20.5. The van der Waals surface area contributed by atoms with Crippen molar-refractivity contribution in [2.24, 2.45) is 0 Å². The largest absolute Gasteiger partial charge is 0.373 e. The van der Waals surface area contributed by atoms with E-state index in [4.69, 9.17) is 17.0 Å². The van der Waals surface area contributed by atoms with Crippen LogP contribution in [0.5, 0.6) is 0 Å². The molecule has 0 saturated carbocycles. The van der Waals surface area contributed by atoms with Gasteiger partial charge >= 0.3 is 0 Å². The second kappa shape index (κ2) is 7.99. The summed E-state index contributed by atoms with van der Waals surface area (Å²) in [5.74, 6) is 0. The molecule has 146 valence electrons. The van der Waals surface area contributed by atoms with Crippen LogP contribution in [0.3, 0.4) is 0 Å². The van der Waals surface area contributed by atoms with Crippen LogP contribution in [0.25, 0.3) is 10.9 Å². The average Bonchev–Trinajstić information content (AvgIpc) is 2.66. The zero-order valence-electron chi connectivity index (χ0n) is 16.2. The van der Waals surface area contributed by atoms with E-state index in [2.05, 4.69) is 48.0 Å². The quantitative estimate of drug-likeness (QED) is 0.684. The van der Waals surface area contributed by atoms with Crippen LogP contribution in [0.4, 0.5) is 0 Å². The molecular weight excluding hydrogens is 370 g/mol. The standard InChI is InChI=1S/C22H25N3O2S/c1-15-11-24(12-16(2)27-15)13-17-7-9-18(10-8-17)14-25-21(26)19-5-3-4-6-20(19)23-22(25)28/h3-10,15-16H,11-14H2,1-2H3,(H,23,28)/t15-,16+. The van der Waals surface area contributed by atoms with Crippen LogP contribution in [0.2, 0.25) is 0 Å². The fourth-order valence-electron chi connectivity index (χ4n) is 3.95. The Hall–Kier alpha value is -2.28. The van der Waals surface area contributed by atoms with Gasteiger partial charge in [-0.1, -0.05) is 36.4 Å². The number of morpholine rings is 1. The molecule has 0 aliphatic carbocycles. The van der Waals surface area contributed by atoms with Crippen molar-refractivity contribution in [1.29, 1.82) is 0 Å². The Bertz CT molecular complexity index is 1080. The molecule has 6 heteroatoms. The number of para-hydroxylation sites is 1. The third kappa shape index (κ3) is 4.09. The third-order valence-corrected chi connectivity index (χ3v) is 5.48. The predicted molar refractivity (Wildman–Crippen MR) is 114 cm³/mol. The number of ether oxygens (including phenoxy) is 1. The Balaban J connectivity index is 1.52. The van der Waals surface area contributed by atoms with Gasteiger partial charge in [0.05, 0.1) is 29.7 Å². The fourth-order valence-corrected chi connectivity index (χ4v) is 4.20. The van der Waals surface area contributed by atoms with Gasteiger partial charge in [0.25, 0.3) is 5.56 Å². The second-order valence-electron chi connectivity index (χ2n) is 7.63. The Labute approximate surface area is 169 Å². The molecule has 1 aliphatic rings. The molecule has 1 fully saturated rings. The molecule has 1 aromatic heterocycles. The maximum Gasteiger partial charge on any atom is 0.262 e. The number of aromatic nitrogens is 2. The van der Waals surface area contributed by atoms with Crippen molar-refractivity contribution in [2.45, 2.75) is 39.1 Å². The summed E-state index contributed by atoms with van der Waals surface area (Å²) >= 11 is 5.41. The number of hydrogen-bond acceptors (Lipinski definition) is 4. The molecule has 0 amide bonds. The van der Waals surface area contributed by atoms with Crippen LogP contribution in [-0.4, -0.2) is 39.7 Å². The lowest BCUT2D eigenvalue weighted by molar-refractivity contribution is -0.0704. The number of nitrogens with zero attached hydrogens (tertiary/aromatic N) is 2. The molecule has 0 bridgehead atoms. The van der Waals surface area contributed by atoms with E-state index in [9.17, 15) is 4.79 Å². The van der Waals surface area contributed by atoms with Crippen molar-refractivity contribution in [3.8, 4) is 0 Å². The first-order chi connectivity index (χ1) is 13.5. The lowest BCUT2D eigenvalue weighted by Gasteiger charge is -2.35. The van der Waals surface area contributed by atoms with Crippen molar-refractivity contribution in [2.75, 3.05) is 13.1 Å². The van der Waals surface area contributed by atoms with Gasteiger partial charge in [0.1, 0.15) is 0 Å². The van der Waals surface area contributed by atoms with Crippen molar-refractivity contribution in [3.63, 3.8) is 0 Å². The van der Waals surface area contributed by atoms with Crippen molar-refractivity contribution in [1.82, 2.24) is 14.5 Å². The summed E-state index contributed by atoms with van der Waals surface area (Å²) < 4.78 is 7.88. The van der Waals surface area contributed by atoms with Gasteiger partial charge in [-0.05, 0) is 49.3 Å². The highest BCUT2D eigenvalue weighted by Gasteiger charge is 2.21. The number of rotatable bonds is 4. The van der Waals surface area contributed by atoms with Crippen LogP contribution in [0, 0.1) is 4.77 Å². The predicted octanol–water partition coefficient (Wildman–Crippen LogP) is 3.72. The molecular formula is C22H25N3O2S. The summed E-state index contributed by atoms with van der Waals surface area (Å²) in [5.41, 5.74) is 3.04. The summed E-state index contributed by atoms with van der Waals surface area (Å²) in [5, 5.41) is 0.656. The Morgan fingerprint density at radius 2 is 1.61 bits per heavy atom. The molecule has 1 saturated heterocycles. The lowest BCUT2D eigenvalue weighted by atomic mass is 10.1. The van der Waals surface area contributed by atoms with E-state index in [0.717, 1.165) is 30.7 Å². The SMILES string of the molecule is C[C@@H]1CN(Cc2ccc(Cn3c(=S)[nH]c4ccccc4c3=O)cc2)C[C@H](C)O1. The summed E-state index contributed by atoms with van der Waals surface area (Å²) in [6, 6.07) is 15.9. The van der Waals surface area contributed by atoms with Gasteiger partial charge in [-0.3, -0.25) is 14.3 Å². The van der Waals surface area contributed by atoms with Crippen LogP contribution in [-0.2, 0) is 17.8 Å². The van der Waals surface area contributed by atoms with Crippen molar-refractivity contribution in [3.05, 3.63) is 74.8 Å². The zero-order valence-corrected chi connectivity index (χ0v) is 17.0. The van der Waals surface area contributed by atoms with Gasteiger partial charge < -0.3 is 9.72 Å². The molecule has 0 spiro atoms. The highest BCUT2D eigenvalue weighted by atomic mass is 32.1. The molecule has 1 N–H and O–H groups in total. The molecule has 4 rings (SSSR count). The maximum atomic E-state index is 12.8. The fraction of sp³-hybridized carbons (Fsp3) is 0.364. The van der Waals surface area contributed by atoms with E-state index in [-0.39, 0.29) is 17.8 Å². The van der Waals surface area contributed by atoms with Crippen LogP contribution >= 0.6 is 12.2 Å². The summed E-state index contributed by atoms with van der Waals surface area (Å²) in [4.78, 5) is 18.4. The smallest absolute Gasteiger partial charge is 0.262 e. The minimum atomic E-state index is -0.0558. The topological polar surface area (TPSA) is 50.3 Å². The first-order valence-corrected chi connectivity index (χ1v) is 10.1. The summed E-state index contributed by atoms with van der Waals surface area (Å²) in [6.07, 6.45) is 0.536. The van der Waals surface area contributed by atoms with Crippen LogP contribution in [0.15, 0.2) is 53.3 Å². The number of aromatic amines is 1. The van der Waals surface area contributed by atoms with E-state index in [1.807, 2.05) is 24.3 Å². The van der Waals surface area contributed by atoms with Gasteiger partial charge in [-0.25, -0.2) is 0 Å². The van der Waals surface area contributed by atoms with Gasteiger partial charge in [-0.15, -0.1) is 0 Å². The van der Waals surface area contributed by atoms with E-state index >= 15 is 0 Å². The van der Waals surface area contributed by atoms with Gasteiger partial charge in [0.15, 0.2) is 4.77 Å². The minimum Gasteiger partial charge on any atom is -0.373 e. The first kappa shape index (κ1) is 19.1. The first-order valence-electron chi connectivity index (χ1n) is 9.67. The lowest BCUT2D eigenvalue weighted by Crippen LogP contribution is -2.44. The molecule has 28 heavy (non-hydrogen) atoms. The highest BCUT2D eigenvalue weighted by molar-refractivity contribution is 7.71. The number of H-pyrrole nitrogens is 1. The van der Waals surface area contributed by atoms with E-state index in [1.165, 1.54) is 5.56 Å². The van der Waals surface area contributed by atoms with Gasteiger partial charge in [0.2, 0.25) is 0 Å². The molecule has 1 aliphatic heterocycles. The number of fused-ring (bicyclic) bond motifs is 1. The summed E-state index contributed by atoms with van der Waals surface area (Å²) in [7, 11) is 0. The van der Waals surface area contributed by atoms with Crippen LogP contribution < -0.4 is 5.56 Å². The van der Waals surface area contributed by atoms with E-state index in [0.29, 0.717) is 16.7 Å². The average molecular weight is 396 g/mol. The van der Waals surface area contributed by atoms with Crippen molar-refractivity contribution >= 4 is 23.1 Å². The second-order valence-corrected chi connectivity index (χ2v) is 8.02. The Morgan fingerprint density at radius 3 is 2.29 bits per heavy atom. The molecule has 3 aromatic rings. The molecule has 0 radical (unpaired) electrons. The highest BCUT2D eigenvalue weighted by Crippen LogP contribution is 2.15. The molecule has 2 atom stereocenters. The van der Waals surface area contributed by atoms with Crippen molar-refractivity contribution < 1.29 is 4.74 Å². The molecule has 2 aromatic carbocycles. The Morgan fingerprint density at radius 1 is 1.00 bits per heavy atom. The number of benzene rings is 2. The zero-order chi connectivity index (χ0) is 19.7. The maximum absolute atomic E-state index is 12.8. The molecule has 0 unspecified atom stereocenters. The van der Waals surface area contributed by atoms with Gasteiger partial charge in [-0.2, -0.15) is 0 Å². The van der Waals surface area contributed by atoms with E-state index < -0.39 is 0 Å². The monoisotopic (exact) mass is 395 g/mol.